The summed E-state index contributed by atoms with van der Waals surface area (Å²) in [6.45, 7) is 5.24. The zero-order valence-corrected chi connectivity index (χ0v) is 11.0. The predicted molar refractivity (Wildman–Crippen MR) is 72.1 cm³/mol. The molecule has 0 saturated carbocycles. The molecule has 1 aliphatic heterocycles. The third kappa shape index (κ3) is 2.82. The van der Waals surface area contributed by atoms with Crippen LogP contribution in [-0.2, 0) is 4.74 Å². The normalized spacial score (nSPS) is 19.7. The Labute approximate surface area is 108 Å². The first-order valence-electron chi connectivity index (χ1n) is 6.41. The second-order valence-corrected chi connectivity index (χ2v) is 4.54. The average Bonchev–Trinajstić information content (AvgIpc) is 2.46. The van der Waals surface area contributed by atoms with Gasteiger partial charge in [0.25, 0.3) is 0 Å². The molecule has 0 aliphatic carbocycles. The van der Waals surface area contributed by atoms with Crippen LogP contribution in [0.4, 0.5) is 5.69 Å². The summed E-state index contributed by atoms with van der Waals surface area (Å²) in [5.74, 6) is -0.284. The van der Waals surface area contributed by atoms with Gasteiger partial charge in [0, 0.05) is 31.4 Å². The maximum atomic E-state index is 11.4. The number of nitrogens with zero attached hydrogens (tertiary/aromatic N) is 1. The van der Waals surface area contributed by atoms with Gasteiger partial charge in [0.15, 0.2) is 0 Å². The van der Waals surface area contributed by atoms with Crippen molar-refractivity contribution in [3.8, 4) is 0 Å². The number of rotatable bonds is 3. The highest BCUT2D eigenvalue weighted by molar-refractivity contribution is 5.89. The van der Waals surface area contributed by atoms with Crippen LogP contribution in [0.15, 0.2) is 24.3 Å². The lowest BCUT2D eigenvalue weighted by Crippen LogP contribution is -2.50. The number of esters is 1. The van der Waals surface area contributed by atoms with Gasteiger partial charge in [0.1, 0.15) is 0 Å². The molecule has 4 nitrogen and oxygen atoms in total. The van der Waals surface area contributed by atoms with E-state index in [0.717, 1.165) is 26.1 Å². The molecule has 0 radical (unpaired) electrons. The van der Waals surface area contributed by atoms with E-state index in [1.165, 1.54) is 12.8 Å². The molecule has 1 saturated heterocycles. The Balaban J connectivity index is 2.07. The average molecular weight is 248 g/mol. The van der Waals surface area contributed by atoms with E-state index in [2.05, 4.69) is 17.1 Å². The number of ether oxygens (including phenoxy) is 1. The number of hydrogen-bond donors (Lipinski definition) is 1. The monoisotopic (exact) mass is 248 g/mol. The van der Waals surface area contributed by atoms with Crippen molar-refractivity contribution in [3.63, 3.8) is 0 Å². The molecule has 4 heteroatoms. The van der Waals surface area contributed by atoms with Gasteiger partial charge in [-0.05, 0) is 30.7 Å². The second kappa shape index (κ2) is 5.87. The van der Waals surface area contributed by atoms with E-state index in [1.54, 1.807) is 0 Å². The molecule has 0 unspecified atom stereocenters. The summed E-state index contributed by atoms with van der Waals surface area (Å²) in [6, 6.07) is 8.18. The maximum Gasteiger partial charge on any atom is 0.337 e. The van der Waals surface area contributed by atoms with Gasteiger partial charge in [-0.15, -0.1) is 0 Å². The van der Waals surface area contributed by atoms with E-state index >= 15 is 0 Å². The van der Waals surface area contributed by atoms with Gasteiger partial charge < -0.3 is 15.0 Å². The smallest absolute Gasteiger partial charge is 0.337 e. The van der Waals surface area contributed by atoms with Gasteiger partial charge >= 0.3 is 5.97 Å². The minimum atomic E-state index is -0.284. The Morgan fingerprint density at radius 2 is 2.17 bits per heavy atom. The van der Waals surface area contributed by atoms with Crippen molar-refractivity contribution in [2.45, 2.75) is 19.4 Å². The van der Waals surface area contributed by atoms with Crippen LogP contribution < -0.4 is 10.2 Å². The first kappa shape index (κ1) is 12.9. The Hall–Kier alpha value is -1.55. The summed E-state index contributed by atoms with van der Waals surface area (Å²) in [4.78, 5) is 13.7. The second-order valence-electron chi connectivity index (χ2n) is 4.54. The van der Waals surface area contributed by atoms with Gasteiger partial charge in [-0.25, -0.2) is 4.79 Å². The van der Waals surface area contributed by atoms with Crippen LogP contribution in [0, 0.1) is 0 Å². The molecule has 1 N–H and O–H groups in total. The first-order valence-corrected chi connectivity index (χ1v) is 6.41. The summed E-state index contributed by atoms with van der Waals surface area (Å²) in [6.07, 6.45) is 1.14. The van der Waals surface area contributed by atoms with E-state index in [4.69, 9.17) is 4.74 Å². The highest BCUT2D eigenvalue weighted by atomic mass is 16.5. The number of hydrogen-bond acceptors (Lipinski definition) is 4. The molecule has 0 aromatic heterocycles. The van der Waals surface area contributed by atoms with Gasteiger partial charge in [0.05, 0.1) is 12.7 Å². The Kier molecular flexibility index (Phi) is 4.20. The number of methoxy groups -OCH3 is 1. The highest BCUT2D eigenvalue weighted by Crippen LogP contribution is 2.18. The minimum absolute atomic E-state index is 0.284. The fourth-order valence-corrected chi connectivity index (χ4v) is 2.26. The van der Waals surface area contributed by atoms with E-state index in [1.807, 2.05) is 24.3 Å². The quantitative estimate of drug-likeness (QED) is 0.826. The van der Waals surface area contributed by atoms with Crippen molar-refractivity contribution in [1.29, 1.82) is 0 Å². The van der Waals surface area contributed by atoms with Crippen LogP contribution in [-0.4, -0.2) is 38.8 Å². The van der Waals surface area contributed by atoms with Crippen molar-refractivity contribution in [2.75, 3.05) is 31.6 Å². The zero-order chi connectivity index (χ0) is 13.0. The molecule has 0 spiro atoms. The summed E-state index contributed by atoms with van der Waals surface area (Å²) >= 11 is 0. The molecule has 1 heterocycles. The lowest BCUT2D eigenvalue weighted by atomic mass is 10.1. The molecule has 1 aromatic rings. The number of piperazine rings is 1. The number of anilines is 1. The molecule has 1 atom stereocenters. The largest absolute Gasteiger partial charge is 0.465 e. The van der Waals surface area contributed by atoms with Crippen LogP contribution in [0.5, 0.6) is 0 Å². The van der Waals surface area contributed by atoms with E-state index < -0.39 is 0 Å². The maximum absolute atomic E-state index is 11.4. The van der Waals surface area contributed by atoms with Crippen molar-refractivity contribution in [1.82, 2.24) is 5.32 Å². The van der Waals surface area contributed by atoms with Gasteiger partial charge in [-0.1, -0.05) is 6.92 Å². The summed E-state index contributed by atoms with van der Waals surface area (Å²) < 4.78 is 4.69. The summed E-state index contributed by atoms with van der Waals surface area (Å²) in [5, 5.41) is 3.49. The highest BCUT2D eigenvalue weighted by Gasteiger charge is 2.18. The van der Waals surface area contributed by atoms with E-state index in [0.29, 0.717) is 11.6 Å². The molecule has 1 aliphatic rings. The van der Waals surface area contributed by atoms with Gasteiger partial charge in [0.2, 0.25) is 0 Å². The molecule has 2 rings (SSSR count). The van der Waals surface area contributed by atoms with Gasteiger partial charge in [-0.3, -0.25) is 0 Å². The molecule has 0 bridgehead atoms. The Morgan fingerprint density at radius 3 is 2.78 bits per heavy atom. The molecule has 98 valence electrons. The summed E-state index contributed by atoms with van der Waals surface area (Å²) in [5.41, 5.74) is 1.77. The van der Waals surface area contributed by atoms with E-state index in [-0.39, 0.29) is 5.97 Å². The van der Waals surface area contributed by atoms with Crippen LogP contribution >= 0.6 is 0 Å². The Bertz CT molecular complexity index is 403. The number of nitrogens with one attached hydrogen (secondary N) is 1. The molecular formula is C14H20N2O2. The third-order valence-corrected chi connectivity index (χ3v) is 3.40. The standard InChI is InChI=1S/C14H20N2O2/c1-3-12-10-16(9-8-15-12)13-6-4-11(5-7-13)14(17)18-2/h4-7,12,15H,3,8-10H2,1-2H3/t12-/m0/s1. The van der Waals surface area contributed by atoms with Crippen molar-refractivity contribution in [2.24, 2.45) is 0 Å². The number of benzene rings is 1. The van der Waals surface area contributed by atoms with Crippen molar-refractivity contribution < 1.29 is 9.53 Å². The van der Waals surface area contributed by atoms with Crippen molar-refractivity contribution in [3.05, 3.63) is 29.8 Å². The first-order chi connectivity index (χ1) is 8.74. The molecule has 1 aromatic carbocycles. The molecule has 1 fully saturated rings. The number of carbonyl (C=O) groups is 1. The minimum Gasteiger partial charge on any atom is -0.465 e. The fraction of sp³-hybridized carbons (Fsp3) is 0.500. The van der Waals surface area contributed by atoms with E-state index in [9.17, 15) is 4.79 Å². The SMILES string of the molecule is CC[C@H]1CN(c2ccc(C(=O)OC)cc2)CCN1. The van der Waals surface area contributed by atoms with Gasteiger partial charge in [-0.2, -0.15) is 0 Å². The molecule has 18 heavy (non-hydrogen) atoms. The number of carbonyl (C=O) groups excluding carboxylic acids is 1. The van der Waals surface area contributed by atoms with Crippen LogP contribution in [0.2, 0.25) is 0 Å². The van der Waals surface area contributed by atoms with Crippen LogP contribution in [0.3, 0.4) is 0 Å². The van der Waals surface area contributed by atoms with Crippen molar-refractivity contribution >= 4 is 11.7 Å². The fourth-order valence-electron chi connectivity index (χ4n) is 2.26. The Morgan fingerprint density at radius 1 is 1.44 bits per heavy atom. The zero-order valence-electron chi connectivity index (χ0n) is 11.0. The predicted octanol–water partition coefficient (Wildman–Crippen LogP) is 1.66. The van der Waals surface area contributed by atoms with Crippen LogP contribution in [0.1, 0.15) is 23.7 Å². The molecular weight excluding hydrogens is 228 g/mol. The lowest BCUT2D eigenvalue weighted by molar-refractivity contribution is 0.0601. The lowest BCUT2D eigenvalue weighted by Gasteiger charge is -2.35. The third-order valence-electron chi connectivity index (χ3n) is 3.40. The topological polar surface area (TPSA) is 41.6 Å². The van der Waals surface area contributed by atoms with Crippen LogP contribution in [0.25, 0.3) is 0 Å². The molecule has 0 amide bonds. The summed E-state index contributed by atoms with van der Waals surface area (Å²) in [7, 11) is 1.40.